The predicted octanol–water partition coefficient (Wildman–Crippen LogP) is 8.25. The molecular weight excluding hydrogens is 532 g/mol. The SMILES string of the molecule is C/C=C/c1c(C)cc2c(C=O)c3c(c(O)c2c1C)C(=O)[C@@H](O[Si](C)(C)C(C)(C)C)C[C@@H]3OCc1ccc(OC)cc1. The van der Waals surface area contributed by atoms with Crippen molar-refractivity contribution in [3.8, 4) is 11.5 Å². The molecule has 218 valence electrons. The van der Waals surface area contributed by atoms with Crippen LogP contribution >= 0.6 is 0 Å². The summed E-state index contributed by atoms with van der Waals surface area (Å²) in [6.45, 7) is 16.7. The van der Waals surface area contributed by atoms with Gasteiger partial charge in [-0.05, 0) is 84.7 Å². The zero-order valence-electron chi connectivity index (χ0n) is 25.7. The van der Waals surface area contributed by atoms with Crippen molar-refractivity contribution >= 4 is 37.2 Å². The van der Waals surface area contributed by atoms with E-state index >= 15 is 0 Å². The van der Waals surface area contributed by atoms with Gasteiger partial charge in [-0.25, -0.2) is 0 Å². The summed E-state index contributed by atoms with van der Waals surface area (Å²) in [5.74, 6) is 0.326. The van der Waals surface area contributed by atoms with Crippen LogP contribution in [0.4, 0.5) is 0 Å². The van der Waals surface area contributed by atoms with Gasteiger partial charge in [-0.15, -0.1) is 0 Å². The molecule has 0 amide bonds. The Morgan fingerprint density at radius 2 is 1.73 bits per heavy atom. The molecule has 3 aromatic carbocycles. The first-order valence-corrected chi connectivity index (χ1v) is 17.0. The molecule has 0 aliphatic heterocycles. The molecule has 0 saturated carbocycles. The molecule has 2 atom stereocenters. The molecule has 0 radical (unpaired) electrons. The number of ketones is 1. The van der Waals surface area contributed by atoms with Gasteiger partial charge in [0.25, 0.3) is 0 Å². The molecule has 0 heterocycles. The molecule has 0 aromatic heterocycles. The maximum Gasteiger partial charge on any atom is 0.194 e. The first kappa shape index (κ1) is 30.7. The van der Waals surface area contributed by atoms with Gasteiger partial charge in [-0.3, -0.25) is 9.59 Å². The monoisotopic (exact) mass is 574 g/mol. The first-order valence-electron chi connectivity index (χ1n) is 14.1. The van der Waals surface area contributed by atoms with Gasteiger partial charge in [0.05, 0.1) is 25.4 Å². The lowest BCUT2D eigenvalue weighted by Gasteiger charge is -2.41. The number of aldehydes is 1. The number of rotatable bonds is 8. The largest absolute Gasteiger partial charge is 0.507 e. The molecule has 0 saturated heterocycles. The van der Waals surface area contributed by atoms with Crippen molar-refractivity contribution in [2.75, 3.05) is 7.11 Å². The van der Waals surface area contributed by atoms with E-state index in [4.69, 9.17) is 13.9 Å². The lowest BCUT2D eigenvalue weighted by molar-refractivity contribution is 0.000369. The van der Waals surface area contributed by atoms with Crippen molar-refractivity contribution in [2.24, 2.45) is 0 Å². The standard InChI is InChI=1S/C34H42O6Si/c1-10-11-24-20(2)16-25-26(18-35)30-27(39-19-22-12-14-23(38-7)15-13-22)17-28(40-41(8,9)34(4,5)6)32(36)31(30)33(37)29(25)21(24)3/h10-16,18,27-28,37H,17,19H2,1-9H3/b11-10+/t27-,28-/m0/s1. The summed E-state index contributed by atoms with van der Waals surface area (Å²) in [7, 11) is -0.746. The minimum Gasteiger partial charge on any atom is -0.507 e. The molecule has 6 nitrogen and oxygen atoms in total. The normalized spacial score (nSPS) is 17.7. The number of fused-ring (bicyclic) bond motifs is 2. The maximum atomic E-state index is 14.2. The summed E-state index contributed by atoms with van der Waals surface area (Å²) < 4.78 is 18.4. The molecule has 41 heavy (non-hydrogen) atoms. The summed E-state index contributed by atoms with van der Waals surface area (Å²) >= 11 is 0. The van der Waals surface area contributed by atoms with Gasteiger partial charge in [-0.1, -0.05) is 45.1 Å². The minimum absolute atomic E-state index is 0.115. The van der Waals surface area contributed by atoms with Crippen LogP contribution in [0, 0.1) is 13.8 Å². The Balaban J connectivity index is 1.93. The van der Waals surface area contributed by atoms with Gasteiger partial charge in [0.2, 0.25) is 0 Å². The third-order valence-corrected chi connectivity index (χ3v) is 13.2. The number of carbonyl (C=O) groups excluding carboxylic acids is 2. The van der Waals surface area contributed by atoms with Crippen molar-refractivity contribution in [3.63, 3.8) is 0 Å². The quantitative estimate of drug-likeness (QED) is 0.215. The Bertz CT molecular complexity index is 1510. The van der Waals surface area contributed by atoms with Crippen LogP contribution in [0.2, 0.25) is 18.1 Å². The van der Waals surface area contributed by atoms with Crippen LogP contribution < -0.4 is 4.74 Å². The number of methoxy groups -OCH3 is 1. The lowest BCUT2D eigenvalue weighted by atomic mass is 9.79. The molecule has 4 rings (SSSR count). The van der Waals surface area contributed by atoms with Crippen molar-refractivity contribution in [2.45, 2.75) is 84.9 Å². The number of hydrogen-bond donors (Lipinski definition) is 1. The Morgan fingerprint density at radius 3 is 2.29 bits per heavy atom. The second-order valence-electron chi connectivity index (χ2n) is 12.4. The Hall–Kier alpha value is -3.26. The number of allylic oxidation sites excluding steroid dienone is 1. The molecule has 0 unspecified atom stereocenters. The van der Waals surface area contributed by atoms with Crippen LogP contribution in [0.1, 0.15) is 88.8 Å². The van der Waals surface area contributed by atoms with E-state index in [1.165, 1.54) is 0 Å². The zero-order valence-corrected chi connectivity index (χ0v) is 26.7. The minimum atomic E-state index is -2.36. The topological polar surface area (TPSA) is 82.1 Å². The smallest absolute Gasteiger partial charge is 0.194 e. The van der Waals surface area contributed by atoms with Gasteiger partial charge in [-0.2, -0.15) is 0 Å². The highest BCUT2D eigenvalue weighted by Gasteiger charge is 2.46. The lowest BCUT2D eigenvalue weighted by Crippen LogP contribution is -2.48. The van der Waals surface area contributed by atoms with E-state index in [0.29, 0.717) is 21.9 Å². The molecule has 0 fully saturated rings. The van der Waals surface area contributed by atoms with E-state index in [1.54, 1.807) is 7.11 Å². The van der Waals surface area contributed by atoms with Crippen LogP contribution in [0.3, 0.4) is 0 Å². The Morgan fingerprint density at radius 1 is 1.07 bits per heavy atom. The fourth-order valence-electron chi connectivity index (χ4n) is 5.47. The average Bonchev–Trinajstić information content (AvgIpc) is 2.91. The van der Waals surface area contributed by atoms with Crippen molar-refractivity contribution in [1.29, 1.82) is 0 Å². The van der Waals surface area contributed by atoms with Crippen LogP contribution in [0.15, 0.2) is 36.4 Å². The highest BCUT2D eigenvalue weighted by Crippen LogP contribution is 2.48. The number of benzene rings is 3. The molecule has 1 aliphatic rings. The van der Waals surface area contributed by atoms with Crippen LogP contribution in [-0.4, -0.2) is 38.7 Å². The van der Waals surface area contributed by atoms with Gasteiger partial charge in [0.15, 0.2) is 20.4 Å². The molecule has 3 aromatic rings. The highest BCUT2D eigenvalue weighted by molar-refractivity contribution is 6.74. The number of phenolic OH excluding ortho intramolecular Hbond substituents is 1. The third-order valence-electron chi connectivity index (χ3n) is 8.75. The predicted molar refractivity (Wildman–Crippen MR) is 167 cm³/mol. The van der Waals surface area contributed by atoms with Crippen molar-refractivity contribution < 1.29 is 28.6 Å². The summed E-state index contributed by atoms with van der Waals surface area (Å²) in [6, 6.07) is 9.50. The fourth-order valence-corrected chi connectivity index (χ4v) is 6.74. The zero-order chi connectivity index (χ0) is 30.3. The fraction of sp³-hybridized carbons (Fsp3) is 0.412. The number of Topliss-reactive ketones (excluding diaryl/α,β-unsaturated/α-hetero) is 1. The van der Waals surface area contributed by atoms with E-state index in [-0.39, 0.29) is 35.2 Å². The van der Waals surface area contributed by atoms with E-state index in [0.717, 1.165) is 34.3 Å². The maximum absolute atomic E-state index is 14.2. The second-order valence-corrected chi connectivity index (χ2v) is 17.2. The highest BCUT2D eigenvalue weighted by atomic mass is 28.4. The average molecular weight is 575 g/mol. The van der Waals surface area contributed by atoms with Gasteiger partial charge >= 0.3 is 0 Å². The van der Waals surface area contributed by atoms with Gasteiger partial charge in [0, 0.05) is 22.9 Å². The molecule has 0 spiro atoms. The Kier molecular flexibility index (Phi) is 8.65. The molecule has 7 heteroatoms. The van der Waals surface area contributed by atoms with Gasteiger partial charge in [0.1, 0.15) is 17.6 Å². The van der Waals surface area contributed by atoms with Gasteiger partial charge < -0.3 is 19.0 Å². The van der Waals surface area contributed by atoms with E-state index in [2.05, 4.69) is 33.9 Å². The summed E-state index contributed by atoms with van der Waals surface area (Å²) in [5, 5.41) is 12.8. The van der Waals surface area contributed by atoms with Crippen LogP contribution in [0.5, 0.6) is 11.5 Å². The molecular formula is C34H42O6Si. The number of ether oxygens (including phenoxy) is 2. The van der Waals surface area contributed by atoms with E-state index in [1.807, 2.05) is 63.3 Å². The summed E-state index contributed by atoms with van der Waals surface area (Å²) in [5.41, 5.74) is 4.63. The van der Waals surface area contributed by atoms with E-state index in [9.17, 15) is 14.7 Å². The molecule has 0 bridgehead atoms. The summed E-state index contributed by atoms with van der Waals surface area (Å²) in [4.78, 5) is 26.9. The third kappa shape index (κ3) is 5.63. The number of phenols is 1. The number of carbonyl (C=O) groups is 2. The van der Waals surface area contributed by atoms with E-state index < -0.39 is 20.5 Å². The molecule has 1 N–H and O–H groups in total. The first-order chi connectivity index (χ1) is 19.2. The number of aromatic hydroxyl groups is 1. The van der Waals surface area contributed by atoms with Crippen molar-refractivity contribution in [3.05, 3.63) is 75.4 Å². The molecule has 1 aliphatic carbocycles. The summed E-state index contributed by atoms with van der Waals surface area (Å²) in [6.07, 6.45) is 3.54. The van der Waals surface area contributed by atoms with Crippen molar-refractivity contribution in [1.82, 2.24) is 0 Å². The van der Waals surface area contributed by atoms with Crippen LogP contribution in [-0.2, 0) is 15.8 Å². The second kappa shape index (κ2) is 11.5. The van der Waals surface area contributed by atoms with Crippen LogP contribution in [0.25, 0.3) is 16.8 Å². The number of hydrogen-bond acceptors (Lipinski definition) is 6. The number of aryl methyl sites for hydroxylation is 2. The Labute approximate surface area is 244 Å².